The van der Waals surface area contributed by atoms with Gasteiger partial charge in [0.15, 0.2) is 0 Å². The van der Waals surface area contributed by atoms with Gasteiger partial charge in [0.05, 0.1) is 10.2 Å². The Morgan fingerprint density at radius 1 is 1.06 bits per heavy atom. The summed E-state index contributed by atoms with van der Waals surface area (Å²) >= 11 is 1.56. The van der Waals surface area contributed by atoms with Gasteiger partial charge in [-0.3, -0.25) is 9.69 Å². The average Bonchev–Trinajstić information content (AvgIpc) is 3.58. The number of hydrogen-bond acceptors (Lipinski definition) is 6. The van der Waals surface area contributed by atoms with Crippen LogP contribution in [0.25, 0.3) is 10.2 Å². The van der Waals surface area contributed by atoms with Crippen molar-refractivity contribution in [3.63, 3.8) is 0 Å². The predicted molar refractivity (Wildman–Crippen MR) is 124 cm³/mol. The van der Waals surface area contributed by atoms with E-state index in [1.165, 1.54) is 5.56 Å². The first-order valence-corrected chi connectivity index (χ1v) is 12.3. The first-order chi connectivity index (χ1) is 15.7. The van der Waals surface area contributed by atoms with Gasteiger partial charge in [-0.1, -0.05) is 35.6 Å². The smallest absolute Gasteiger partial charge is 0.279 e. The molecule has 0 spiro atoms. The molecule has 2 unspecified atom stereocenters. The largest absolute Gasteiger partial charge is 0.431 e. The number of hydrogen-bond donors (Lipinski definition) is 0. The second kappa shape index (κ2) is 8.46. The maximum Gasteiger partial charge on any atom is 0.279 e. The number of carbonyl (C=O) groups is 1. The quantitative estimate of drug-likeness (QED) is 0.586. The van der Waals surface area contributed by atoms with Crippen molar-refractivity contribution in [1.29, 1.82) is 0 Å². The van der Waals surface area contributed by atoms with Crippen LogP contribution < -0.4 is 4.74 Å². The van der Waals surface area contributed by atoms with Crippen LogP contribution in [0.1, 0.15) is 18.4 Å². The molecule has 0 radical (unpaired) electrons. The molecule has 2 aromatic carbocycles. The van der Waals surface area contributed by atoms with Gasteiger partial charge in [0.1, 0.15) is 11.9 Å². The summed E-state index contributed by atoms with van der Waals surface area (Å²) in [6.45, 7) is 5.56. The molecule has 166 valence electrons. The minimum atomic E-state index is -0.187. The first kappa shape index (κ1) is 20.1. The van der Waals surface area contributed by atoms with Crippen LogP contribution in [0.4, 0.5) is 0 Å². The van der Waals surface area contributed by atoms with Crippen LogP contribution in [0.2, 0.25) is 0 Å². The minimum Gasteiger partial charge on any atom is -0.431 e. The van der Waals surface area contributed by atoms with E-state index in [9.17, 15) is 4.79 Å². The van der Waals surface area contributed by atoms with Gasteiger partial charge in [0.2, 0.25) is 0 Å². The Kier molecular flexibility index (Phi) is 5.33. The zero-order chi connectivity index (χ0) is 21.5. The number of para-hydroxylation sites is 1. The Bertz CT molecular complexity index is 1060. The summed E-state index contributed by atoms with van der Waals surface area (Å²) in [5.74, 6) is 2.20. The normalized spacial score (nSPS) is 25.5. The molecule has 6 nitrogen and oxygen atoms in total. The topological polar surface area (TPSA) is 54.9 Å². The number of ether oxygens (including phenoxy) is 2. The summed E-state index contributed by atoms with van der Waals surface area (Å²) in [5, 5.41) is 0.674. The van der Waals surface area contributed by atoms with Crippen molar-refractivity contribution in [3.8, 4) is 10.9 Å². The second-order valence-corrected chi connectivity index (χ2v) is 10.1. The Morgan fingerprint density at radius 3 is 2.56 bits per heavy atom. The van der Waals surface area contributed by atoms with E-state index in [1.807, 2.05) is 30.3 Å². The van der Waals surface area contributed by atoms with Crippen LogP contribution in [0.15, 0.2) is 48.5 Å². The first-order valence-electron chi connectivity index (χ1n) is 11.5. The number of nitrogens with zero attached hydrogens (tertiary/aromatic N) is 3. The molecule has 3 saturated heterocycles. The highest BCUT2D eigenvalue weighted by atomic mass is 32.1. The molecule has 3 aliphatic heterocycles. The van der Waals surface area contributed by atoms with Crippen LogP contribution in [0, 0.1) is 11.8 Å². The van der Waals surface area contributed by atoms with E-state index >= 15 is 0 Å². The number of benzene rings is 2. The summed E-state index contributed by atoms with van der Waals surface area (Å²) in [6, 6.07) is 16.4. The summed E-state index contributed by atoms with van der Waals surface area (Å²) in [4.78, 5) is 21.8. The Balaban J connectivity index is 1.02. The van der Waals surface area contributed by atoms with Gasteiger partial charge in [-0.2, -0.15) is 0 Å². The zero-order valence-corrected chi connectivity index (χ0v) is 18.8. The number of likely N-dealkylation sites (tertiary alicyclic amines) is 2. The van der Waals surface area contributed by atoms with Crippen LogP contribution in [-0.4, -0.2) is 59.6 Å². The number of amides is 1. The van der Waals surface area contributed by atoms with E-state index in [-0.39, 0.29) is 12.0 Å². The lowest BCUT2D eigenvalue weighted by Gasteiger charge is -2.23. The average molecular weight is 450 g/mol. The molecule has 0 bridgehead atoms. The molecule has 3 fully saturated rings. The Morgan fingerprint density at radius 2 is 1.84 bits per heavy atom. The fraction of sp³-hybridized carbons (Fsp3) is 0.440. The molecule has 0 aliphatic carbocycles. The molecule has 0 saturated carbocycles. The standard InChI is InChI=1S/C25H27N3O3S/c29-24(22-5-3-11-30-22)28-15-18-13-27(14-19(18)16-28)12-17-7-9-20(10-8-17)31-25-26-21-4-1-2-6-23(21)32-25/h1-2,4,6-10,18-19,22H,3,5,11-16H2/t18?,19?,22-/m0/s1. The number of fused-ring (bicyclic) bond motifs is 2. The highest BCUT2D eigenvalue weighted by molar-refractivity contribution is 7.20. The third kappa shape index (κ3) is 4.00. The van der Waals surface area contributed by atoms with Crippen molar-refractivity contribution in [3.05, 3.63) is 54.1 Å². The van der Waals surface area contributed by atoms with Crippen LogP contribution in [0.3, 0.4) is 0 Å². The molecular formula is C25H27N3O3S. The van der Waals surface area contributed by atoms with Gasteiger partial charge in [0, 0.05) is 39.3 Å². The monoisotopic (exact) mass is 449 g/mol. The van der Waals surface area contributed by atoms with Gasteiger partial charge >= 0.3 is 0 Å². The summed E-state index contributed by atoms with van der Waals surface area (Å²) in [5.41, 5.74) is 2.26. The maximum atomic E-state index is 12.6. The lowest BCUT2D eigenvalue weighted by Crippen LogP contribution is -2.39. The van der Waals surface area contributed by atoms with E-state index in [1.54, 1.807) is 11.3 Å². The predicted octanol–water partition coefficient (Wildman–Crippen LogP) is 4.16. The molecule has 6 rings (SSSR count). The highest BCUT2D eigenvalue weighted by Crippen LogP contribution is 2.34. The number of carbonyl (C=O) groups excluding carboxylic acids is 1. The van der Waals surface area contributed by atoms with E-state index in [0.29, 0.717) is 17.0 Å². The van der Waals surface area contributed by atoms with E-state index in [4.69, 9.17) is 9.47 Å². The molecule has 32 heavy (non-hydrogen) atoms. The second-order valence-electron chi connectivity index (χ2n) is 9.15. The van der Waals surface area contributed by atoms with Gasteiger partial charge < -0.3 is 14.4 Å². The van der Waals surface area contributed by atoms with Gasteiger partial charge in [0.25, 0.3) is 11.1 Å². The molecule has 1 amide bonds. The maximum absolute atomic E-state index is 12.6. The molecule has 1 aromatic heterocycles. The summed E-state index contributed by atoms with van der Waals surface area (Å²) in [7, 11) is 0. The third-order valence-corrected chi connectivity index (χ3v) is 7.80. The number of thiazole rings is 1. The fourth-order valence-corrected chi connectivity index (χ4v) is 6.13. The number of rotatable bonds is 5. The van der Waals surface area contributed by atoms with Crippen molar-refractivity contribution in [2.75, 3.05) is 32.8 Å². The molecule has 4 heterocycles. The van der Waals surface area contributed by atoms with Crippen molar-refractivity contribution in [2.45, 2.75) is 25.5 Å². The van der Waals surface area contributed by atoms with Crippen LogP contribution >= 0.6 is 11.3 Å². The minimum absolute atomic E-state index is 0.187. The summed E-state index contributed by atoms with van der Waals surface area (Å²) in [6.07, 6.45) is 1.71. The zero-order valence-electron chi connectivity index (χ0n) is 18.0. The van der Waals surface area contributed by atoms with Crippen molar-refractivity contribution < 1.29 is 14.3 Å². The molecule has 0 N–H and O–H groups in total. The van der Waals surface area contributed by atoms with Gasteiger partial charge in [-0.05, 0) is 54.5 Å². The van der Waals surface area contributed by atoms with Gasteiger partial charge in [-0.25, -0.2) is 4.98 Å². The van der Waals surface area contributed by atoms with Crippen molar-refractivity contribution >= 4 is 27.5 Å². The molecule has 3 aromatic rings. The lowest BCUT2D eigenvalue weighted by molar-refractivity contribution is -0.140. The molecule has 3 aliphatic rings. The molecular weight excluding hydrogens is 422 g/mol. The van der Waals surface area contributed by atoms with Crippen molar-refractivity contribution in [2.24, 2.45) is 11.8 Å². The van der Waals surface area contributed by atoms with Crippen molar-refractivity contribution in [1.82, 2.24) is 14.8 Å². The van der Waals surface area contributed by atoms with Crippen LogP contribution in [0.5, 0.6) is 10.9 Å². The van der Waals surface area contributed by atoms with E-state index in [2.05, 4.69) is 33.0 Å². The molecule has 7 heteroatoms. The van der Waals surface area contributed by atoms with E-state index < -0.39 is 0 Å². The summed E-state index contributed by atoms with van der Waals surface area (Å²) < 4.78 is 12.7. The van der Waals surface area contributed by atoms with Crippen LogP contribution in [-0.2, 0) is 16.1 Å². The Labute approximate surface area is 191 Å². The molecule has 3 atom stereocenters. The third-order valence-electron chi connectivity index (χ3n) is 6.89. The fourth-order valence-electron chi connectivity index (χ4n) is 5.29. The lowest BCUT2D eigenvalue weighted by atomic mass is 10.0. The van der Waals surface area contributed by atoms with Gasteiger partial charge in [-0.15, -0.1) is 0 Å². The SMILES string of the molecule is O=C([C@@H]1CCCO1)N1CC2CN(Cc3ccc(Oc4nc5ccccc5s4)cc3)CC2C1. The van der Waals surface area contributed by atoms with E-state index in [0.717, 1.165) is 68.1 Å². The Hall–Kier alpha value is -2.48. The highest BCUT2D eigenvalue weighted by Gasteiger charge is 2.43. The number of aromatic nitrogens is 1.